The number of anilines is 3. The number of halogens is 3. The minimum Gasteiger partial charge on any atom is -0.399 e. The highest BCUT2D eigenvalue weighted by molar-refractivity contribution is 7.88. The zero-order chi connectivity index (χ0) is 45.9. The summed E-state index contributed by atoms with van der Waals surface area (Å²) in [5.41, 5.74) is 11.7. The Hall–Kier alpha value is -8.14. The second kappa shape index (κ2) is 20.1. The number of fused-ring (bicyclic) bond motifs is 2. The van der Waals surface area contributed by atoms with Gasteiger partial charge in [-0.3, -0.25) is 0 Å². The average molecular weight is 893 g/mol. The molecule has 0 aliphatic heterocycles. The van der Waals surface area contributed by atoms with Crippen molar-refractivity contribution in [3.63, 3.8) is 0 Å². The SMILES string of the molecule is Nc1ccc(-c2ccccc2)cc1.O=S(=O)(Oc1cc(-c2ccccc2)cc2ccccc12)C(F)(F)F.c1ccc(-c2ccc(Nc3cc(-c4ccccc4)cc4ccccc34)cc2)cc1. The van der Waals surface area contributed by atoms with Crippen molar-refractivity contribution in [3.8, 4) is 50.3 Å². The summed E-state index contributed by atoms with van der Waals surface area (Å²) in [5, 5.41) is 6.95. The van der Waals surface area contributed by atoms with E-state index in [2.05, 4.69) is 137 Å². The summed E-state index contributed by atoms with van der Waals surface area (Å²) in [6, 6.07) is 79.2. The molecule has 0 aromatic heterocycles. The van der Waals surface area contributed by atoms with Crippen LogP contribution >= 0.6 is 0 Å². The van der Waals surface area contributed by atoms with Gasteiger partial charge in [0.05, 0.1) is 0 Å². The van der Waals surface area contributed by atoms with Crippen LogP contribution < -0.4 is 15.2 Å². The van der Waals surface area contributed by atoms with Crippen LogP contribution in [-0.2, 0) is 10.1 Å². The van der Waals surface area contributed by atoms with E-state index in [-0.39, 0.29) is 11.1 Å². The predicted octanol–water partition coefficient (Wildman–Crippen LogP) is 15.6. The highest BCUT2D eigenvalue weighted by Gasteiger charge is 2.48. The molecule has 10 aromatic carbocycles. The molecule has 0 bridgehead atoms. The predicted molar refractivity (Wildman–Crippen MR) is 266 cm³/mol. The molecule has 66 heavy (non-hydrogen) atoms. The first-order valence-corrected chi connectivity index (χ1v) is 22.4. The molecule has 0 amide bonds. The summed E-state index contributed by atoms with van der Waals surface area (Å²) in [7, 11) is -5.74. The van der Waals surface area contributed by atoms with Gasteiger partial charge >= 0.3 is 15.6 Å². The van der Waals surface area contributed by atoms with Gasteiger partial charge in [-0.25, -0.2) is 0 Å². The monoisotopic (exact) mass is 892 g/mol. The van der Waals surface area contributed by atoms with Crippen molar-refractivity contribution in [2.24, 2.45) is 0 Å². The molecule has 0 fully saturated rings. The minimum absolute atomic E-state index is 0.282. The second-order valence-corrected chi connectivity index (χ2v) is 16.7. The van der Waals surface area contributed by atoms with E-state index < -0.39 is 15.6 Å². The summed E-state index contributed by atoms with van der Waals surface area (Å²) >= 11 is 0. The number of hydrogen-bond donors (Lipinski definition) is 2. The number of benzene rings is 10. The summed E-state index contributed by atoms with van der Waals surface area (Å²) in [5.74, 6) is -0.357. The number of rotatable bonds is 8. The number of nitrogens with one attached hydrogen (secondary N) is 1. The van der Waals surface area contributed by atoms with Crippen LogP contribution in [0.15, 0.2) is 243 Å². The zero-order valence-corrected chi connectivity index (χ0v) is 36.3. The highest BCUT2D eigenvalue weighted by atomic mass is 32.2. The maximum Gasteiger partial charge on any atom is 0.534 e. The van der Waals surface area contributed by atoms with E-state index in [0.717, 1.165) is 22.6 Å². The van der Waals surface area contributed by atoms with Crippen molar-refractivity contribution in [2.75, 3.05) is 11.1 Å². The lowest BCUT2D eigenvalue weighted by molar-refractivity contribution is -0.0499. The van der Waals surface area contributed by atoms with Crippen LogP contribution in [0.25, 0.3) is 66.1 Å². The molecule has 0 atom stereocenters. The van der Waals surface area contributed by atoms with Gasteiger partial charge in [0, 0.05) is 27.8 Å². The normalized spacial score (nSPS) is 11.1. The van der Waals surface area contributed by atoms with Gasteiger partial charge in [-0.1, -0.05) is 194 Å². The van der Waals surface area contributed by atoms with Crippen molar-refractivity contribution in [1.82, 2.24) is 0 Å². The van der Waals surface area contributed by atoms with Crippen LogP contribution in [0.1, 0.15) is 0 Å². The number of alkyl halides is 3. The quantitative estimate of drug-likeness (QED) is 0.0902. The molecule has 0 radical (unpaired) electrons. The first-order chi connectivity index (χ1) is 32.0. The molecule has 0 saturated carbocycles. The van der Waals surface area contributed by atoms with Gasteiger partial charge in [-0.15, -0.1) is 0 Å². The molecule has 3 N–H and O–H groups in total. The molecule has 10 aromatic rings. The van der Waals surface area contributed by atoms with Gasteiger partial charge < -0.3 is 15.2 Å². The topological polar surface area (TPSA) is 81.4 Å². The fraction of sp³-hybridized carbons (Fsp3) is 0.0175. The number of nitrogen functional groups attached to an aromatic ring is 1. The number of hydrogen-bond acceptors (Lipinski definition) is 5. The second-order valence-electron chi connectivity index (χ2n) is 15.2. The molecule has 0 unspecified atom stereocenters. The van der Waals surface area contributed by atoms with Gasteiger partial charge in [-0.05, 0) is 104 Å². The van der Waals surface area contributed by atoms with Crippen molar-refractivity contribution >= 4 is 48.7 Å². The maximum atomic E-state index is 12.6. The molecule has 10 rings (SSSR count). The van der Waals surface area contributed by atoms with Crippen LogP contribution in [0.2, 0.25) is 0 Å². The van der Waals surface area contributed by atoms with Gasteiger partial charge in [0.2, 0.25) is 0 Å². The van der Waals surface area contributed by atoms with E-state index in [9.17, 15) is 21.6 Å². The van der Waals surface area contributed by atoms with E-state index >= 15 is 0 Å². The third kappa shape index (κ3) is 11.0. The Balaban J connectivity index is 0.000000144. The van der Waals surface area contributed by atoms with Crippen molar-refractivity contribution in [2.45, 2.75) is 5.51 Å². The average Bonchev–Trinajstić information content (AvgIpc) is 3.35. The van der Waals surface area contributed by atoms with E-state index in [1.807, 2.05) is 48.5 Å². The smallest absolute Gasteiger partial charge is 0.399 e. The van der Waals surface area contributed by atoms with Crippen molar-refractivity contribution in [3.05, 3.63) is 243 Å². The summed E-state index contributed by atoms with van der Waals surface area (Å²) < 4.78 is 65.0. The van der Waals surface area contributed by atoms with Gasteiger partial charge in [0.1, 0.15) is 0 Å². The number of nitrogens with two attached hydrogens (primary N) is 1. The molecule has 0 heterocycles. The Bertz CT molecular complexity index is 3280. The lowest BCUT2D eigenvalue weighted by atomic mass is 9.99. The third-order valence-corrected chi connectivity index (χ3v) is 11.6. The summed E-state index contributed by atoms with van der Waals surface area (Å²) in [4.78, 5) is 0. The Labute approximate surface area is 382 Å². The first kappa shape index (κ1) is 44.5. The van der Waals surface area contributed by atoms with Crippen LogP contribution in [0.4, 0.5) is 30.2 Å². The third-order valence-electron chi connectivity index (χ3n) is 10.7. The summed E-state index contributed by atoms with van der Waals surface area (Å²) in [6.45, 7) is 0. The lowest BCUT2D eigenvalue weighted by Crippen LogP contribution is -2.28. The van der Waals surface area contributed by atoms with Gasteiger partial charge in [-0.2, -0.15) is 21.6 Å². The van der Waals surface area contributed by atoms with Crippen LogP contribution in [0.5, 0.6) is 5.75 Å². The van der Waals surface area contributed by atoms with E-state index in [4.69, 9.17) is 5.73 Å². The Morgan fingerprint density at radius 2 is 0.758 bits per heavy atom. The lowest BCUT2D eigenvalue weighted by Gasteiger charge is -2.13. The first-order valence-electron chi connectivity index (χ1n) is 21.0. The Morgan fingerprint density at radius 3 is 1.23 bits per heavy atom. The fourth-order valence-corrected chi connectivity index (χ4v) is 7.83. The Kier molecular flexibility index (Phi) is 13.6. The largest absolute Gasteiger partial charge is 0.534 e. The molecular formula is C57H43F3N2O3S. The molecule has 0 saturated heterocycles. The van der Waals surface area contributed by atoms with Gasteiger partial charge in [0.25, 0.3) is 0 Å². The van der Waals surface area contributed by atoms with Gasteiger partial charge in [0.15, 0.2) is 5.75 Å². The Morgan fingerprint density at radius 1 is 0.394 bits per heavy atom. The molecule has 326 valence electrons. The standard InChI is InChI=1S/C28H21N.C17H11F3O3S.C12H11N/c1-3-9-21(10-4-1)23-15-17-26(18-16-23)29-28-20-25(22-11-5-2-6-12-22)19-24-13-7-8-14-27(24)28;18-17(19,20)24(21,22)23-16-11-14(12-6-2-1-3-7-12)10-13-8-4-5-9-15(13)16;13-12-8-6-11(7-9-12)10-4-2-1-3-5-10/h1-20,29H;1-11H;1-9H,13H2. The fourth-order valence-electron chi connectivity index (χ4n) is 7.36. The summed E-state index contributed by atoms with van der Waals surface area (Å²) in [6.07, 6.45) is 0. The van der Waals surface area contributed by atoms with E-state index in [1.54, 1.807) is 54.6 Å². The maximum absolute atomic E-state index is 12.6. The van der Waals surface area contributed by atoms with E-state index in [1.165, 1.54) is 56.3 Å². The van der Waals surface area contributed by atoms with E-state index in [0.29, 0.717) is 10.9 Å². The molecule has 9 heteroatoms. The molecule has 0 aliphatic rings. The van der Waals surface area contributed by atoms with Crippen LogP contribution in [0, 0.1) is 0 Å². The minimum atomic E-state index is -5.74. The van der Waals surface area contributed by atoms with Crippen LogP contribution in [-0.4, -0.2) is 13.9 Å². The zero-order valence-electron chi connectivity index (χ0n) is 35.4. The van der Waals surface area contributed by atoms with Crippen molar-refractivity contribution in [1.29, 1.82) is 0 Å². The van der Waals surface area contributed by atoms with Crippen molar-refractivity contribution < 1.29 is 25.8 Å². The molecule has 0 spiro atoms. The van der Waals surface area contributed by atoms with Crippen LogP contribution in [0.3, 0.4) is 0 Å². The highest BCUT2D eigenvalue weighted by Crippen LogP contribution is 2.37. The molecular weight excluding hydrogens is 850 g/mol. The molecule has 0 aliphatic carbocycles. The molecule has 5 nitrogen and oxygen atoms in total.